The molecule has 5 unspecified atom stereocenters. The molecule has 17 nitrogen and oxygen atoms in total. The molecule has 0 aliphatic carbocycles. The summed E-state index contributed by atoms with van der Waals surface area (Å²) in [5, 5.41) is 10.6. The van der Waals surface area contributed by atoms with Crippen molar-refractivity contribution in [3.63, 3.8) is 0 Å². The highest BCUT2D eigenvalue weighted by Crippen LogP contribution is 2.45. The first kappa shape index (κ1) is 95.5. The van der Waals surface area contributed by atoms with Gasteiger partial charge in [0, 0.05) is 25.7 Å². The number of phosphoric ester groups is 2. The van der Waals surface area contributed by atoms with Crippen LogP contribution in [0.15, 0.2) is 122 Å². The zero-order valence-electron chi connectivity index (χ0n) is 62.6. The van der Waals surface area contributed by atoms with Crippen LogP contribution in [0, 0.1) is 0 Å². The fourth-order valence-electron chi connectivity index (χ4n) is 10.1. The Hall–Kier alpha value is -4.54. The normalized spacial score (nSPS) is 14.6. The van der Waals surface area contributed by atoms with Crippen molar-refractivity contribution < 1.29 is 80.2 Å². The van der Waals surface area contributed by atoms with Crippen LogP contribution in [0.25, 0.3) is 0 Å². The fraction of sp³-hybridized carbons (Fsp3) is 0.704. The third-order valence-corrected chi connectivity index (χ3v) is 17.8. The first-order chi connectivity index (χ1) is 48.7. The van der Waals surface area contributed by atoms with Gasteiger partial charge in [0.2, 0.25) is 0 Å². The van der Waals surface area contributed by atoms with E-state index < -0.39 is 97.5 Å². The van der Waals surface area contributed by atoms with Crippen molar-refractivity contribution in [2.45, 2.75) is 329 Å². The maximum atomic E-state index is 13.1. The van der Waals surface area contributed by atoms with Gasteiger partial charge in [-0.15, -0.1) is 0 Å². The van der Waals surface area contributed by atoms with Crippen LogP contribution in [-0.2, 0) is 65.4 Å². The number of hydrogen-bond acceptors (Lipinski definition) is 15. The van der Waals surface area contributed by atoms with Gasteiger partial charge in [-0.05, 0) is 148 Å². The Morgan fingerprint density at radius 3 is 0.810 bits per heavy atom. The average Bonchev–Trinajstić information content (AvgIpc) is 1.01. The lowest BCUT2D eigenvalue weighted by atomic mass is 10.1. The smallest absolute Gasteiger partial charge is 0.462 e. The summed E-state index contributed by atoms with van der Waals surface area (Å²) in [5.74, 6) is -2.24. The Morgan fingerprint density at radius 2 is 0.520 bits per heavy atom. The summed E-state index contributed by atoms with van der Waals surface area (Å²) in [7, 11) is -9.97. The van der Waals surface area contributed by atoms with E-state index in [0.717, 1.165) is 193 Å². The number of carbonyl (C=O) groups excluding carboxylic acids is 4. The molecule has 0 aliphatic rings. The zero-order chi connectivity index (χ0) is 73.2. The summed E-state index contributed by atoms with van der Waals surface area (Å²) in [6.45, 7) is 4.48. The third-order valence-electron chi connectivity index (χ3n) is 15.9. The number of allylic oxidation sites excluding steroid dienone is 20. The Balaban J connectivity index is 5.40. The second kappa shape index (κ2) is 72.8. The molecule has 100 heavy (non-hydrogen) atoms. The lowest BCUT2D eigenvalue weighted by Gasteiger charge is -2.21. The van der Waals surface area contributed by atoms with Gasteiger partial charge < -0.3 is 33.8 Å². The Kier molecular flexibility index (Phi) is 69.5. The molecule has 0 aromatic heterocycles. The number of rotatable bonds is 72. The Labute approximate surface area is 606 Å². The summed E-state index contributed by atoms with van der Waals surface area (Å²) in [6.07, 6.45) is 78.9. The van der Waals surface area contributed by atoms with Crippen LogP contribution in [0.5, 0.6) is 0 Å². The van der Waals surface area contributed by atoms with E-state index in [4.69, 9.17) is 37.0 Å². The Bertz CT molecular complexity index is 2370. The van der Waals surface area contributed by atoms with Gasteiger partial charge in [0.15, 0.2) is 12.2 Å². The number of ether oxygens (including phenoxy) is 4. The van der Waals surface area contributed by atoms with Crippen molar-refractivity contribution in [2.75, 3.05) is 39.6 Å². The Morgan fingerprint density at radius 1 is 0.290 bits per heavy atom. The molecule has 0 heterocycles. The molecule has 574 valence electrons. The molecule has 5 atom stereocenters. The van der Waals surface area contributed by atoms with Gasteiger partial charge in [0.25, 0.3) is 0 Å². The molecule has 0 amide bonds. The van der Waals surface area contributed by atoms with Gasteiger partial charge in [-0.2, -0.15) is 0 Å². The van der Waals surface area contributed by atoms with Crippen molar-refractivity contribution in [1.82, 2.24) is 0 Å². The fourth-order valence-corrected chi connectivity index (χ4v) is 11.7. The number of carbonyl (C=O) groups is 4. The van der Waals surface area contributed by atoms with Crippen LogP contribution in [0.2, 0.25) is 0 Å². The first-order valence-electron chi connectivity index (χ1n) is 38.8. The number of hydrogen-bond donors (Lipinski definition) is 3. The topological polar surface area (TPSA) is 237 Å². The molecule has 0 saturated carbocycles. The maximum Gasteiger partial charge on any atom is 0.472 e. The predicted molar refractivity (Wildman–Crippen MR) is 408 cm³/mol. The van der Waals surface area contributed by atoms with Crippen molar-refractivity contribution in [3.8, 4) is 0 Å². The molecule has 0 radical (unpaired) electrons. The van der Waals surface area contributed by atoms with Crippen LogP contribution in [0.3, 0.4) is 0 Å². The second-order valence-corrected chi connectivity index (χ2v) is 28.4. The molecule has 0 aromatic carbocycles. The molecular formula is C81H138O17P2. The van der Waals surface area contributed by atoms with Crippen LogP contribution in [-0.4, -0.2) is 96.7 Å². The molecule has 0 aromatic rings. The second-order valence-electron chi connectivity index (χ2n) is 25.5. The summed E-state index contributed by atoms with van der Waals surface area (Å²) in [5.41, 5.74) is 0. The first-order valence-corrected chi connectivity index (χ1v) is 41.8. The number of phosphoric acid groups is 2. The van der Waals surface area contributed by atoms with Gasteiger partial charge in [-0.1, -0.05) is 258 Å². The van der Waals surface area contributed by atoms with Crippen molar-refractivity contribution in [1.29, 1.82) is 0 Å². The minimum absolute atomic E-state index is 0.0690. The van der Waals surface area contributed by atoms with Crippen LogP contribution in [0.4, 0.5) is 0 Å². The number of esters is 4. The third kappa shape index (κ3) is 71.8. The van der Waals surface area contributed by atoms with E-state index in [2.05, 4.69) is 149 Å². The lowest BCUT2D eigenvalue weighted by Crippen LogP contribution is -2.30. The monoisotopic (exact) mass is 1440 g/mol. The van der Waals surface area contributed by atoms with Crippen molar-refractivity contribution in [2.24, 2.45) is 0 Å². The molecule has 0 rings (SSSR count). The van der Waals surface area contributed by atoms with Crippen LogP contribution in [0.1, 0.15) is 310 Å². The zero-order valence-corrected chi connectivity index (χ0v) is 64.4. The van der Waals surface area contributed by atoms with E-state index in [0.29, 0.717) is 25.7 Å². The van der Waals surface area contributed by atoms with E-state index in [1.807, 2.05) is 0 Å². The van der Waals surface area contributed by atoms with E-state index in [9.17, 15) is 43.2 Å². The summed E-state index contributed by atoms with van der Waals surface area (Å²) in [6, 6.07) is 0. The lowest BCUT2D eigenvalue weighted by molar-refractivity contribution is -0.161. The molecule has 0 aliphatic heterocycles. The average molecular weight is 1450 g/mol. The van der Waals surface area contributed by atoms with Gasteiger partial charge in [0.1, 0.15) is 19.3 Å². The summed E-state index contributed by atoms with van der Waals surface area (Å²) >= 11 is 0. The molecule has 0 fully saturated rings. The van der Waals surface area contributed by atoms with Crippen LogP contribution >= 0.6 is 15.6 Å². The summed E-state index contributed by atoms with van der Waals surface area (Å²) < 4.78 is 68.5. The summed E-state index contributed by atoms with van der Waals surface area (Å²) in [4.78, 5) is 72.9. The highest BCUT2D eigenvalue weighted by Gasteiger charge is 2.30. The van der Waals surface area contributed by atoms with Crippen molar-refractivity contribution >= 4 is 39.5 Å². The van der Waals surface area contributed by atoms with E-state index in [1.165, 1.54) is 38.5 Å². The van der Waals surface area contributed by atoms with E-state index in [-0.39, 0.29) is 25.7 Å². The quantitative estimate of drug-likeness (QED) is 0.0169. The number of unbranched alkanes of at least 4 members (excludes halogenated alkanes) is 26. The molecular weight excluding hydrogens is 1310 g/mol. The molecule has 3 N–H and O–H groups in total. The highest BCUT2D eigenvalue weighted by molar-refractivity contribution is 7.47. The maximum absolute atomic E-state index is 13.1. The van der Waals surface area contributed by atoms with E-state index >= 15 is 0 Å². The number of aliphatic hydroxyl groups is 1. The van der Waals surface area contributed by atoms with Gasteiger partial charge in [0.05, 0.1) is 26.4 Å². The van der Waals surface area contributed by atoms with Gasteiger partial charge in [-0.3, -0.25) is 37.3 Å². The molecule has 0 spiro atoms. The molecule has 19 heteroatoms. The van der Waals surface area contributed by atoms with Crippen molar-refractivity contribution in [3.05, 3.63) is 122 Å². The predicted octanol–water partition coefficient (Wildman–Crippen LogP) is 22.3. The molecule has 0 bridgehead atoms. The SMILES string of the molecule is CC/C=C\C/C=C\C/C=C\CCCCCCCC(=O)OCC(COP(=O)(O)OCC(O)COP(=O)(O)OCC(COC(=O)CCCCCCC/C=C\C/C=C\C/C=C\CC)OC(=O)CCCCCCC/C=C\CCCCCCCC)OC(=O)CCCCCCC/C=C\C/C=C\C/C=C\CC. The number of aliphatic hydroxyl groups excluding tert-OH is 1. The minimum Gasteiger partial charge on any atom is -0.462 e. The highest BCUT2D eigenvalue weighted by atomic mass is 31.2. The standard InChI is InChI=1S/C81H138O17P2/c1-5-9-13-17-21-25-29-33-37-41-45-49-53-57-61-65-78(83)91-71-76(97-80(85)67-63-59-55-51-47-43-39-35-31-27-23-19-15-11-7-3)73-95-99(87,88)93-69-75(82)70-94-100(89,90)96-74-77(98-81(86)68-64-60-56-52-48-44-40-36-32-28-24-20-16-12-8-4)72-92-79(84)66-62-58-54-50-46-42-38-34-30-26-22-18-14-10-6-2/h9-11,13-15,21-23,25-27,33-40,75-77,82H,5-8,12,16-20,24,28-32,41-74H2,1-4H3,(H,87,88)(H,89,90)/b13-9-,14-10-,15-11-,25-21-,26-22-,27-23-,37-33-,38-34-,39-35-,40-36-. The van der Waals surface area contributed by atoms with Crippen LogP contribution < -0.4 is 0 Å². The van der Waals surface area contributed by atoms with Gasteiger partial charge >= 0.3 is 39.5 Å². The minimum atomic E-state index is -4.99. The largest absolute Gasteiger partial charge is 0.472 e. The molecule has 0 saturated heterocycles. The van der Waals surface area contributed by atoms with Gasteiger partial charge in [-0.25, -0.2) is 9.13 Å². The van der Waals surface area contributed by atoms with E-state index in [1.54, 1.807) is 0 Å².